The highest BCUT2D eigenvalue weighted by Crippen LogP contribution is 2.23. The van der Waals surface area contributed by atoms with Crippen LogP contribution in [0.5, 0.6) is 5.75 Å². The summed E-state index contributed by atoms with van der Waals surface area (Å²) in [5.74, 6) is 0.138. The van der Waals surface area contributed by atoms with Crippen LogP contribution in [0.15, 0.2) is 18.2 Å². The van der Waals surface area contributed by atoms with Crippen LogP contribution in [0.1, 0.15) is 26.3 Å². The highest BCUT2D eigenvalue weighted by molar-refractivity contribution is 6.59. The zero-order chi connectivity index (χ0) is 10.9. The fraction of sp³-hybridized carbons (Fsp3) is 0.400. The van der Waals surface area contributed by atoms with Crippen LogP contribution in [-0.2, 0) is 5.41 Å². The molecule has 0 unspecified atom stereocenters. The molecule has 0 aliphatic rings. The Kier molecular flexibility index (Phi) is 2.88. The predicted molar refractivity (Wildman–Crippen MR) is 56.6 cm³/mol. The molecule has 14 heavy (non-hydrogen) atoms. The van der Waals surface area contributed by atoms with E-state index in [0.29, 0.717) is 5.46 Å². The summed E-state index contributed by atoms with van der Waals surface area (Å²) in [6.45, 7) is 5.86. The Hall–Kier alpha value is -0.995. The van der Waals surface area contributed by atoms with Crippen molar-refractivity contribution in [2.45, 2.75) is 26.2 Å². The molecule has 4 heteroatoms. The van der Waals surface area contributed by atoms with Gasteiger partial charge in [0.15, 0.2) is 0 Å². The monoisotopic (exact) mass is 194 g/mol. The summed E-state index contributed by atoms with van der Waals surface area (Å²) in [4.78, 5) is 0. The van der Waals surface area contributed by atoms with Crippen molar-refractivity contribution in [1.29, 1.82) is 0 Å². The molecular formula is C10H15BO3. The topological polar surface area (TPSA) is 60.7 Å². The van der Waals surface area contributed by atoms with Crippen LogP contribution in [0.3, 0.4) is 0 Å². The van der Waals surface area contributed by atoms with E-state index in [1.807, 2.05) is 20.8 Å². The van der Waals surface area contributed by atoms with Crippen LogP contribution in [-0.4, -0.2) is 22.3 Å². The molecule has 0 bridgehead atoms. The van der Waals surface area contributed by atoms with Gasteiger partial charge in [-0.2, -0.15) is 0 Å². The summed E-state index contributed by atoms with van der Waals surface area (Å²) in [7, 11) is -1.50. The van der Waals surface area contributed by atoms with Gasteiger partial charge in [0.1, 0.15) is 5.75 Å². The second-order valence-corrected chi connectivity index (χ2v) is 4.40. The van der Waals surface area contributed by atoms with Crippen molar-refractivity contribution >= 4 is 12.6 Å². The minimum atomic E-state index is -1.50. The summed E-state index contributed by atoms with van der Waals surface area (Å²) in [6, 6.07) is 4.54. The number of hydrogen-bond acceptors (Lipinski definition) is 3. The Morgan fingerprint density at radius 3 is 2.14 bits per heavy atom. The number of aromatic hydroxyl groups is 1. The van der Waals surface area contributed by atoms with Crippen LogP contribution >= 0.6 is 0 Å². The van der Waals surface area contributed by atoms with Crippen molar-refractivity contribution in [3.63, 3.8) is 0 Å². The predicted octanol–water partition coefficient (Wildman–Crippen LogP) is 0.369. The van der Waals surface area contributed by atoms with E-state index in [-0.39, 0.29) is 11.2 Å². The number of hydrogen-bond donors (Lipinski definition) is 3. The molecule has 0 saturated carbocycles. The lowest BCUT2D eigenvalue weighted by Crippen LogP contribution is -2.36. The molecule has 0 aliphatic heterocycles. The third-order valence-corrected chi connectivity index (χ3v) is 2.12. The molecular weight excluding hydrogens is 179 g/mol. The van der Waals surface area contributed by atoms with Gasteiger partial charge in [-0.1, -0.05) is 26.8 Å². The molecule has 0 fully saturated rings. The molecule has 1 aromatic rings. The van der Waals surface area contributed by atoms with Crippen molar-refractivity contribution in [3.05, 3.63) is 23.8 Å². The molecule has 0 heterocycles. The summed E-state index contributed by atoms with van der Waals surface area (Å²) < 4.78 is 0. The highest BCUT2D eigenvalue weighted by atomic mass is 16.4. The maximum atomic E-state index is 9.32. The van der Waals surface area contributed by atoms with E-state index in [1.165, 1.54) is 12.1 Å². The first-order chi connectivity index (χ1) is 6.32. The van der Waals surface area contributed by atoms with Crippen LogP contribution in [0.2, 0.25) is 0 Å². The molecule has 0 saturated heterocycles. The third kappa shape index (κ3) is 2.27. The standard InChI is InChI=1S/C10H15BO3/c1-10(2,3)8-6-7(12)4-5-9(8)11(13)14/h4-6,12-14H,1-3H3. The van der Waals surface area contributed by atoms with E-state index in [2.05, 4.69) is 0 Å². The smallest absolute Gasteiger partial charge is 0.488 e. The van der Waals surface area contributed by atoms with Crippen LogP contribution in [0.4, 0.5) is 0 Å². The zero-order valence-electron chi connectivity index (χ0n) is 8.65. The maximum absolute atomic E-state index is 9.32. The van der Waals surface area contributed by atoms with E-state index < -0.39 is 7.12 Å². The largest absolute Gasteiger partial charge is 0.508 e. The van der Waals surface area contributed by atoms with Gasteiger partial charge in [-0.3, -0.25) is 0 Å². The molecule has 0 aliphatic carbocycles. The molecule has 0 radical (unpaired) electrons. The number of benzene rings is 1. The van der Waals surface area contributed by atoms with Gasteiger partial charge in [-0.25, -0.2) is 0 Å². The lowest BCUT2D eigenvalue weighted by Gasteiger charge is -2.22. The summed E-state index contributed by atoms with van der Waals surface area (Å²) in [6.07, 6.45) is 0. The highest BCUT2D eigenvalue weighted by Gasteiger charge is 2.24. The average molecular weight is 194 g/mol. The lowest BCUT2D eigenvalue weighted by atomic mass is 9.70. The van der Waals surface area contributed by atoms with Gasteiger partial charge in [0.25, 0.3) is 0 Å². The van der Waals surface area contributed by atoms with Gasteiger partial charge >= 0.3 is 7.12 Å². The van der Waals surface area contributed by atoms with Crippen molar-refractivity contribution < 1.29 is 15.2 Å². The van der Waals surface area contributed by atoms with E-state index in [0.717, 1.165) is 5.56 Å². The van der Waals surface area contributed by atoms with Gasteiger partial charge < -0.3 is 15.2 Å². The van der Waals surface area contributed by atoms with E-state index in [1.54, 1.807) is 6.07 Å². The summed E-state index contributed by atoms with van der Waals surface area (Å²) >= 11 is 0. The molecule has 0 spiro atoms. The van der Waals surface area contributed by atoms with E-state index >= 15 is 0 Å². The van der Waals surface area contributed by atoms with Gasteiger partial charge in [0, 0.05) is 0 Å². The molecule has 3 nitrogen and oxygen atoms in total. The molecule has 0 atom stereocenters. The third-order valence-electron chi connectivity index (χ3n) is 2.12. The Morgan fingerprint density at radius 1 is 1.14 bits per heavy atom. The first-order valence-corrected chi connectivity index (χ1v) is 4.52. The van der Waals surface area contributed by atoms with Crippen LogP contribution < -0.4 is 5.46 Å². The quantitative estimate of drug-likeness (QED) is 0.566. The van der Waals surface area contributed by atoms with Crippen LogP contribution in [0, 0.1) is 0 Å². The number of rotatable bonds is 1. The number of phenols is 1. The van der Waals surface area contributed by atoms with Crippen molar-refractivity contribution in [2.75, 3.05) is 0 Å². The molecule has 0 aromatic heterocycles. The Labute approximate surface area is 84.2 Å². The molecule has 3 N–H and O–H groups in total. The van der Waals surface area contributed by atoms with E-state index in [9.17, 15) is 5.11 Å². The Bertz CT molecular complexity index is 329. The average Bonchev–Trinajstić information content (AvgIpc) is 2.01. The van der Waals surface area contributed by atoms with Gasteiger partial charge in [0.05, 0.1) is 0 Å². The minimum Gasteiger partial charge on any atom is -0.508 e. The molecule has 76 valence electrons. The second kappa shape index (κ2) is 3.63. The summed E-state index contributed by atoms with van der Waals surface area (Å²) in [5, 5.41) is 27.6. The maximum Gasteiger partial charge on any atom is 0.488 e. The second-order valence-electron chi connectivity index (χ2n) is 4.40. The lowest BCUT2D eigenvalue weighted by molar-refractivity contribution is 0.423. The fourth-order valence-electron chi connectivity index (χ4n) is 1.42. The van der Waals surface area contributed by atoms with E-state index in [4.69, 9.17) is 10.0 Å². The number of phenolic OH excluding ortho intramolecular Hbond substituents is 1. The minimum absolute atomic E-state index is 0.138. The van der Waals surface area contributed by atoms with Crippen molar-refractivity contribution in [1.82, 2.24) is 0 Å². The SMILES string of the molecule is CC(C)(C)c1cc(O)ccc1B(O)O. The summed E-state index contributed by atoms with van der Waals surface area (Å²) in [5.41, 5.74) is 0.959. The van der Waals surface area contributed by atoms with Crippen LogP contribution in [0.25, 0.3) is 0 Å². The first kappa shape index (κ1) is 11.1. The molecule has 1 rings (SSSR count). The van der Waals surface area contributed by atoms with Gasteiger partial charge in [-0.15, -0.1) is 0 Å². The first-order valence-electron chi connectivity index (χ1n) is 4.52. The molecule has 1 aromatic carbocycles. The van der Waals surface area contributed by atoms with Gasteiger partial charge in [0.2, 0.25) is 0 Å². The fourth-order valence-corrected chi connectivity index (χ4v) is 1.42. The van der Waals surface area contributed by atoms with Crippen molar-refractivity contribution in [2.24, 2.45) is 0 Å². The molecule has 0 amide bonds. The zero-order valence-corrected chi connectivity index (χ0v) is 8.65. The Balaban J connectivity index is 3.30. The van der Waals surface area contributed by atoms with Crippen molar-refractivity contribution in [3.8, 4) is 5.75 Å². The Morgan fingerprint density at radius 2 is 1.71 bits per heavy atom. The van der Waals surface area contributed by atoms with Gasteiger partial charge in [-0.05, 0) is 28.6 Å². The normalized spacial score (nSPS) is 11.5.